The number of nitrogens with one attached hydrogen (secondary N) is 1. The number of carbonyl (C=O) groups excluding carboxylic acids is 1. The van der Waals surface area contributed by atoms with E-state index in [0.29, 0.717) is 18.1 Å². The molecule has 1 aliphatic rings. The number of ether oxygens (including phenoxy) is 1. The van der Waals surface area contributed by atoms with Gasteiger partial charge in [0.2, 0.25) is 5.91 Å². The van der Waals surface area contributed by atoms with Crippen LogP contribution in [0, 0.1) is 5.92 Å². The molecule has 0 aromatic rings. The van der Waals surface area contributed by atoms with Gasteiger partial charge in [-0.3, -0.25) is 4.79 Å². The van der Waals surface area contributed by atoms with Crippen LogP contribution in [0.25, 0.3) is 0 Å². The minimum atomic E-state index is 0.0329. The van der Waals surface area contributed by atoms with Crippen LogP contribution in [0.1, 0.15) is 32.6 Å². The second kappa shape index (κ2) is 6.81. The van der Waals surface area contributed by atoms with Gasteiger partial charge in [0.15, 0.2) is 0 Å². The summed E-state index contributed by atoms with van der Waals surface area (Å²) < 4.78 is 5.35. The van der Waals surface area contributed by atoms with Crippen molar-refractivity contribution in [1.29, 1.82) is 0 Å². The Morgan fingerprint density at radius 3 is 2.88 bits per heavy atom. The fourth-order valence-corrected chi connectivity index (χ4v) is 1.92. The zero-order chi connectivity index (χ0) is 12.0. The van der Waals surface area contributed by atoms with E-state index in [9.17, 15) is 4.79 Å². The zero-order valence-corrected chi connectivity index (χ0v) is 10.5. The second-order valence-corrected chi connectivity index (χ2v) is 4.82. The molecular formula is C11H20N2O2S. The lowest BCUT2D eigenvalue weighted by molar-refractivity contribution is -0.124. The first-order chi connectivity index (χ1) is 7.59. The van der Waals surface area contributed by atoms with Crippen LogP contribution in [0.4, 0.5) is 0 Å². The molecule has 0 aromatic heterocycles. The van der Waals surface area contributed by atoms with E-state index in [4.69, 9.17) is 22.7 Å². The molecule has 1 heterocycles. The number of thiocarbonyl (C=S) groups is 1. The van der Waals surface area contributed by atoms with Gasteiger partial charge in [-0.25, -0.2) is 0 Å². The Hall–Kier alpha value is -0.680. The molecule has 1 aliphatic heterocycles. The number of amides is 1. The second-order valence-electron chi connectivity index (χ2n) is 4.29. The summed E-state index contributed by atoms with van der Waals surface area (Å²) in [5.41, 5.74) is 5.38. The highest BCUT2D eigenvalue weighted by molar-refractivity contribution is 7.80. The van der Waals surface area contributed by atoms with E-state index in [0.717, 1.165) is 25.7 Å². The van der Waals surface area contributed by atoms with Crippen LogP contribution in [0.2, 0.25) is 0 Å². The van der Waals surface area contributed by atoms with Crippen molar-refractivity contribution in [2.45, 2.75) is 38.7 Å². The van der Waals surface area contributed by atoms with E-state index in [1.807, 2.05) is 6.92 Å². The van der Waals surface area contributed by atoms with E-state index in [1.165, 1.54) is 0 Å². The van der Waals surface area contributed by atoms with Gasteiger partial charge in [-0.05, 0) is 32.6 Å². The van der Waals surface area contributed by atoms with Crippen molar-refractivity contribution in [2.75, 3.05) is 13.2 Å². The monoisotopic (exact) mass is 244 g/mol. The Morgan fingerprint density at radius 2 is 2.31 bits per heavy atom. The van der Waals surface area contributed by atoms with E-state index in [1.54, 1.807) is 0 Å². The Labute approximate surface area is 102 Å². The number of unbranched alkanes of at least 4 members (excludes halogenated alkanes) is 1. The summed E-state index contributed by atoms with van der Waals surface area (Å²) in [7, 11) is 0. The molecule has 0 saturated carbocycles. The number of rotatable bonds is 6. The molecule has 0 aliphatic carbocycles. The first-order valence-corrected chi connectivity index (χ1v) is 6.18. The molecule has 5 heteroatoms. The predicted octanol–water partition coefficient (Wildman–Crippen LogP) is 0.984. The van der Waals surface area contributed by atoms with Crippen molar-refractivity contribution >= 4 is 23.1 Å². The zero-order valence-electron chi connectivity index (χ0n) is 9.70. The molecule has 3 N–H and O–H groups in total. The molecule has 0 aromatic carbocycles. The number of hydrogen-bond donors (Lipinski definition) is 2. The normalized spacial score (nSPS) is 24.3. The Morgan fingerprint density at radius 1 is 1.56 bits per heavy atom. The third-order valence-corrected chi connectivity index (χ3v) is 2.92. The summed E-state index contributed by atoms with van der Waals surface area (Å²) in [6, 6.07) is 0. The van der Waals surface area contributed by atoms with Gasteiger partial charge < -0.3 is 15.8 Å². The molecule has 1 amide bonds. The topological polar surface area (TPSA) is 64.4 Å². The van der Waals surface area contributed by atoms with Gasteiger partial charge in [0.25, 0.3) is 0 Å². The van der Waals surface area contributed by atoms with Crippen molar-refractivity contribution in [2.24, 2.45) is 11.7 Å². The van der Waals surface area contributed by atoms with Crippen LogP contribution < -0.4 is 11.1 Å². The highest BCUT2D eigenvalue weighted by Crippen LogP contribution is 2.18. The Kier molecular flexibility index (Phi) is 5.69. The molecule has 0 radical (unpaired) electrons. The van der Waals surface area contributed by atoms with E-state index >= 15 is 0 Å². The standard InChI is InChI=1S/C11H20N2O2S/c1-8-6-9(7-15-8)11(14)13-5-3-2-4-10(12)16/h8-9H,2-7H2,1H3,(H2,12,16)(H,13,14). The maximum Gasteiger partial charge on any atom is 0.225 e. The third kappa shape index (κ3) is 4.90. The summed E-state index contributed by atoms with van der Waals surface area (Å²) >= 11 is 4.77. The lowest BCUT2D eigenvalue weighted by atomic mass is 10.1. The summed E-state index contributed by atoms with van der Waals surface area (Å²) in [6.07, 6.45) is 3.66. The molecule has 2 atom stereocenters. The highest BCUT2D eigenvalue weighted by atomic mass is 32.1. The van der Waals surface area contributed by atoms with Crippen LogP contribution >= 0.6 is 12.2 Å². The number of hydrogen-bond acceptors (Lipinski definition) is 3. The first kappa shape index (κ1) is 13.4. The Balaban J connectivity index is 2.04. The van der Waals surface area contributed by atoms with E-state index in [2.05, 4.69) is 5.32 Å². The van der Waals surface area contributed by atoms with Crippen LogP contribution in [-0.4, -0.2) is 30.2 Å². The summed E-state index contributed by atoms with van der Waals surface area (Å²) in [5.74, 6) is 0.144. The SMILES string of the molecule is CC1CC(C(=O)NCCCCC(N)=S)CO1. The number of nitrogens with two attached hydrogens (primary N) is 1. The first-order valence-electron chi connectivity index (χ1n) is 5.77. The van der Waals surface area contributed by atoms with Gasteiger partial charge in [-0.2, -0.15) is 0 Å². The van der Waals surface area contributed by atoms with Crippen molar-refractivity contribution in [3.63, 3.8) is 0 Å². The number of carbonyl (C=O) groups is 1. The molecule has 1 rings (SSSR count). The van der Waals surface area contributed by atoms with Gasteiger partial charge in [0.1, 0.15) is 0 Å². The van der Waals surface area contributed by atoms with Gasteiger partial charge in [0, 0.05) is 6.54 Å². The smallest absolute Gasteiger partial charge is 0.225 e. The molecule has 1 fully saturated rings. The lowest BCUT2D eigenvalue weighted by Gasteiger charge is -2.08. The van der Waals surface area contributed by atoms with Crippen molar-refractivity contribution in [3.8, 4) is 0 Å². The van der Waals surface area contributed by atoms with Crippen LogP contribution in [0.15, 0.2) is 0 Å². The molecule has 2 unspecified atom stereocenters. The minimum Gasteiger partial charge on any atom is -0.393 e. The fourth-order valence-electron chi connectivity index (χ4n) is 1.78. The molecule has 16 heavy (non-hydrogen) atoms. The van der Waals surface area contributed by atoms with Gasteiger partial charge in [0.05, 0.1) is 23.6 Å². The van der Waals surface area contributed by atoms with Crippen LogP contribution in [0.3, 0.4) is 0 Å². The maximum atomic E-state index is 11.6. The van der Waals surface area contributed by atoms with Gasteiger partial charge in [-0.1, -0.05) is 12.2 Å². The maximum absolute atomic E-state index is 11.6. The molecule has 0 spiro atoms. The molecule has 4 nitrogen and oxygen atoms in total. The van der Waals surface area contributed by atoms with Crippen molar-refractivity contribution in [1.82, 2.24) is 5.32 Å². The molecule has 1 saturated heterocycles. The lowest BCUT2D eigenvalue weighted by Crippen LogP contribution is -2.31. The van der Waals surface area contributed by atoms with Gasteiger partial charge in [-0.15, -0.1) is 0 Å². The highest BCUT2D eigenvalue weighted by Gasteiger charge is 2.27. The fraction of sp³-hybridized carbons (Fsp3) is 0.818. The van der Waals surface area contributed by atoms with E-state index in [-0.39, 0.29) is 17.9 Å². The van der Waals surface area contributed by atoms with Crippen LogP contribution in [-0.2, 0) is 9.53 Å². The van der Waals surface area contributed by atoms with Gasteiger partial charge >= 0.3 is 0 Å². The molecule has 0 bridgehead atoms. The molecule has 92 valence electrons. The third-order valence-electron chi connectivity index (χ3n) is 2.72. The molecular weight excluding hydrogens is 224 g/mol. The summed E-state index contributed by atoms with van der Waals surface area (Å²) in [6.45, 7) is 3.25. The predicted molar refractivity (Wildman–Crippen MR) is 67.2 cm³/mol. The average Bonchev–Trinajstić information content (AvgIpc) is 2.63. The summed E-state index contributed by atoms with van der Waals surface area (Å²) in [4.78, 5) is 12.2. The largest absolute Gasteiger partial charge is 0.393 e. The van der Waals surface area contributed by atoms with E-state index < -0.39 is 0 Å². The van der Waals surface area contributed by atoms with Crippen molar-refractivity contribution in [3.05, 3.63) is 0 Å². The Bertz CT molecular complexity index is 258. The quantitative estimate of drug-likeness (QED) is 0.540. The average molecular weight is 244 g/mol. The van der Waals surface area contributed by atoms with Crippen LogP contribution in [0.5, 0.6) is 0 Å². The van der Waals surface area contributed by atoms with Crippen molar-refractivity contribution < 1.29 is 9.53 Å². The summed E-state index contributed by atoms with van der Waals surface area (Å²) in [5, 5.41) is 2.92. The minimum absolute atomic E-state index is 0.0329.